The predicted molar refractivity (Wildman–Crippen MR) is 80.0 cm³/mol. The third kappa shape index (κ3) is 3.16. The standard InChI is InChI=1S/C16H18N2O2/c1-12-4-8-14(9-5-12)18(16(19)17-20-3)15-10-6-13(2)7-11-15/h4-11H,1-3H3,(H,17,19). The molecule has 2 aromatic carbocycles. The number of benzene rings is 2. The van der Waals surface area contributed by atoms with Crippen molar-refractivity contribution in [3.63, 3.8) is 0 Å². The molecular weight excluding hydrogens is 252 g/mol. The normalized spacial score (nSPS) is 10.2. The molecule has 0 fully saturated rings. The Hall–Kier alpha value is -2.33. The summed E-state index contributed by atoms with van der Waals surface area (Å²) in [5.74, 6) is 0. The van der Waals surface area contributed by atoms with Gasteiger partial charge in [-0.1, -0.05) is 35.4 Å². The number of nitrogens with one attached hydrogen (secondary N) is 1. The Morgan fingerprint density at radius 1 is 0.900 bits per heavy atom. The molecule has 0 aliphatic heterocycles. The Labute approximate surface area is 118 Å². The molecule has 2 rings (SSSR count). The van der Waals surface area contributed by atoms with E-state index in [1.165, 1.54) is 7.11 Å². The number of carbonyl (C=O) groups is 1. The Kier molecular flexibility index (Phi) is 4.38. The molecule has 0 bridgehead atoms. The molecule has 0 aliphatic carbocycles. The average molecular weight is 270 g/mol. The van der Waals surface area contributed by atoms with Crippen LogP contribution in [0.15, 0.2) is 48.5 Å². The highest BCUT2D eigenvalue weighted by atomic mass is 16.6. The molecule has 0 aromatic heterocycles. The van der Waals surface area contributed by atoms with Gasteiger partial charge in [0, 0.05) is 0 Å². The summed E-state index contributed by atoms with van der Waals surface area (Å²) in [6, 6.07) is 15.2. The van der Waals surface area contributed by atoms with E-state index in [1.807, 2.05) is 62.4 Å². The average Bonchev–Trinajstić information content (AvgIpc) is 2.44. The summed E-state index contributed by atoms with van der Waals surface area (Å²) in [5.41, 5.74) is 6.22. The number of hydrogen-bond donors (Lipinski definition) is 1. The van der Waals surface area contributed by atoms with E-state index < -0.39 is 0 Å². The van der Waals surface area contributed by atoms with Gasteiger partial charge in [-0.25, -0.2) is 10.3 Å². The van der Waals surface area contributed by atoms with Crippen LogP contribution in [0.3, 0.4) is 0 Å². The Morgan fingerprint density at radius 3 is 1.65 bits per heavy atom. The van der Waals surface area contributed by atoms with Gasteiger partial charge in [0.15, 0.2) is 0 Å². The minimum atomic E-state index is -0.333. The smallest absolute Gasteiger partial charge is 0.275 e. The molecular formula is C16H18N2O2. The van der Waals surface area contributed by atoms with E-state index in [1.54, 1.807) is 4.90 Å². The molecule has 0 radical (unpaired) electrons. The lowest BCUT2D eigenvalue weighted by Crippen LogP contribution is -2.36. The van der Waals surface area contributed by atoms with Crippen LogP contribution in [0.25, 0.3) is 0 Å². The van der Waals surface area contributed by atoms with Crippen LogP contribution in [0.5, 0.6) is 0 Å². The lowest BCUT2D eigenvalue weighted by molar-refractivity contribution is 0.112. The number of rotatable bonds is 3. The largest absolute Gasteiger partial charge is 0.350 e. The zero-order valence-electron chi connectivity index (χ0n) is 11.9. The van der Waals surface area contributed by atoms with Crippen molar-refractivity contribution in [1.29, 1.82) is 0 Å². The van der Waals surface area contributed by atoms with E-state index >= 15 is 0 Å². The van der Waals surface area contributed by atoms with Crippen molar-refractivity contribution in [2.24, 2.45) is 0 Å². The van der Waals surface area contributed by atoms with Crippen LogP contribution in [0, 0.1) is 13.8 Å². The SMILES string of the molecule is CONC(=O)N(c1ccc(C)cc1)c1ccc(C)cc1. The fourth-order valence-electron chi connectivity index (χ4n) is 1.90. The van der Waals surface area contributed by atoms with Crippen molar-refractivity contribution in [1.82, 2.24) is 5.48 Å². The zero-order valence-corrected chi connectivity index (χ0v) is 11.9. The Morgan fingerprint density at radius 2 is 1.30 bits per heavy atom. The number of hydrogen-bond acceptors (Lipinski definition) is 2. The van der Waals surface area contributed by atoms with Gasteiger partial charge in [-0.15, -0.1) is 0 Å². The molecule has 0 aliphatic rings. The maximum atomic E-state index is 12.2. The second-order valence-electron chi connectivity index (χ2n) is 4.62. The van der Waals surface area contributed by atoms with Gasteiger partial charge in [0.25, 0.3) is 0 Å². The van der Waals surface area contributed by atoms with Crippen molar-refractivity contribution in [3.05, 3.63) is 59.7 Å². The molecule has 4 nitrogen and oxygen atoms in total. The first kappa shape index (κ1) is 14.1. The molecule has 0 saturated heterocycles. The minimum Gasteiger partial charge on any atom is -0.275 e. The minimum absolute atomic E-state index is 0.333. The molecule has 0 spiro atoms. The molecule has 20 heavy (non-hydrogen) atoms. The first-order valence-corrected chi connectivity index (χ1v) is 6.38. The van der Waals surface area contributed by atoms with Crippen LogP contribution >= 0.6 is 0 Å². The second-order valence-corrected chi connectivity index (χ2v) is 4.62. The van der Waals surface area contributed by atoms with Crippen molar-refractivity contribution in [3.8, 4) is 0 Å². The highest BCUT2D eigenvalue weighted by molar-refractivity contribution is 5.98. The van der Waals surface area contributed by atoms with Crippen molar-refractivity contribution >= 4 is 17.4 Å². The van der Waals surface area contributed by atoms with Crippen molar-refractivity contribution in [2.75, 3.05) is 12.0 Å². The van der Waals surface area contributed by atoms with Crippen LogP contribution in [0.4, 0.5) is 16.2 Å². The highest BCUT2D eigenvalue weighted by Gasteiger charge is 2.17. The molecule has 2 amide bonds. The highest BCUT2D eigenvalue weighted by Crippen LogP contribution is 2.26. The number of nitrogens with zero attached hydrogens (tertiary/aromatic N) is 1. The monoisotopic (exact) mass is 270 g/mol. The maximum Gasteiger partial charge on any atom is 0.350 e. The molecule has 0 atom stereocenters. The van der Waals surface area contributed by atoms with Gasteiger partial charge in [0.1, 0.15) is 0 Å². The quantitative estimate of drug-likeness (QED) is 0.864. The summed E-state index contributed by atoms with van der Waals surface area (Å²) in [7, 11) is 1.42. The van der Waals surface area contributed by atoms with E-state index in [4.69, 9.17) is 4.84 Å². The summed E-state index contributed by atoms with van der Waals surface area (Å²) in [6.45, 7) is 4.02. The van der Waals surface area contributed by atoms with Gasteiger partial charge in [-0.3, -0.25) is 9.74 Å². The van der Waals surface area contributed by atoms with Gasteiger partial charge < -0.3 is 0 Å². The first-order chi connectivity index (χ1) is 9.61. The predicted octanol–water partition coefficient (Wildman–Crippen LogP) is 3.71. The fraction of sp³-hybridized carbons (Fsp3) is 0.188. The third-order valence-electron chi connectivity index (χ3n) is 2.98. The molecule has 4 heteroatoms. The Balaban J connectivity index is 2.41. The molecule has 0 heterocycles. The summed E-state index contributed by atoms with van der Waals surface area (Å²) in [5, 5.41) is 0. The lowest BCUT2D eigenvalue weighted by Gasteiger charge is -2.23. The summed E-state index contributed by atoms with van der Waals surface area (Å²) < 4.78 is 0. The van der Waals surface area contributed by atoms with Crippen LogP contribution in [-0.2, 0) is 4.84 Å². The van der Waals surface area contributed by atoms with Gasteiger partial charge in [0.05, 0.1) is 18.5 Å². The number of hydroxylamine groups is 1. The topological polar surface area (TPSA) is 41.6 Å². The number of urea groups is 1. The summed E-state index contributed by atoms with van der Waals surface area (Å²) >= 11 is 0. The van der Waals surface area contributed by atoms with E-state index in [-0.39, 0.29) is 6.03 Å². The van der Waals surface area contributed by atoms with Gasteiger partial charge >= 0.3 is 6.03 Å². The van der Waals surface area contributed by atoms with E-state index in [0.717, 1.165) is 22.5 Å². The molecule has 0 saturated carbocycles. The Bertz CT molecular complexity index is 531. The van der Waals surface area contributed by atoms with Crippen LogP contribution < -0.4 is 10.4 Å². The molecule has 0 unspecified atom stereocenters. The molecule has 1 N–H and O–H groups in total. The fourth-order valence-corrected chi connectivity index (χ4v) is 1.90. The maximum absolute atomic E-state index is 12.2. The van der Waals surface area contributed by atoms with Gasteiger partial charge in [-0.2, -0.15) is 0 Å². The van der Waals surface area contributed by atoms with E-state index in [0.29, 0.717) is 0 Å². The third-order valence-corrected chi connectivity index (χ3v) is 2.98. The first-order valence-electron chi connectivity index (χ1n) is 6.38. The molecule has 104 valence electrons. The number of carbonyl (C=O) groups excluding carboxylic acids is 1. The van der Waals surface area contributed by atoms with Gasteiger partial charge in [-0.05, 0) is 38.1 Å². The number of aryl methyl sites for hydroxylation is 2. The summed E-state index contributed by atoms with van der Waals surface area (Å²) in [4.78, 5) is 18.5. The lowest BCUT2D eigenvalue weighted by atomic mass is 10.2. The number of amides is 2. The molecule has 2 aromatic rings. The van der Waals surface area contributed by atoms with Crippen molar-refractivity contribution < 1.29 is 9.63 Å². The van der Waals surface area contributed by atoms with Crippen LogP contribution in [0.2, 0.25) is 0 Å². The van der Waals surface area contributed by atoms with Crippen molar-refractivity contribution in [2.45, 2.75) is 13.8 Å². The summed E-state index contributed by atoms with van der Waals surface area (Å²) in [6.07, 6.45) is 0. The number of anilines is 2. The zero-order chi connectivity index (χ0) is 14.5. The second kappa shape index (κ2) is 6.21. The van der Waals surface area contributed by atoms with E-state index in [2.05, 4.69) is 5.48 Å². The van der Waals surface area contributed by atoms with Crippen LogP contribution in [-0.4, -0.2) is 13.1 Å². The van der Waals surface area contributed by atoms with E-state index in [9.17, 15) is 4.79 Å². The van der Waals surface area contributed by atoms with Gasteiger partial charge in [0.2, 0.25) is 0 Å². The van der Waals surface area contributed by atoms with Crippen LogP contribution in [0.1, 0.15) is 11.1 Å².